The Morgan fingerprint density at radius 3 is 2.27 bits per heavy atom. The number of nitrogens with zero attached hydrogens (tertiary/aromatic N) is 1. The molecule has 1 rings (SSSR count). The van der Waals surface area contributed by atoms with Gasteiger partial charge in [-0.05, 0) is 51.6 Å². The number of likely N-dealkylation sites (tertiary alicyclic amines) is 1. The van der Waals surface area contributed by atoms with E-state index in [-0.39, 0.29) is 0 Å². The predicted molar refractivity (Wildman–Crippen MR) is 64.9 cm³/mol. The fourth-order valence-electron chi connectivity index (χ4n) is 2.56. The highest BCUT2D eigenvalue weighted by Crippen LogP contribution is 2.27. The maximum atomic E-state index is 9.75. The summed E-state index contributed by atoms with van der Waals surface area (Å²) in [5.74, 6) is 1.78. The lowest BCUT2D eigenvalue weighted by Crippen LogP contribution is -2.43. The first-order valence-electron chi connectivity index (χ1n) is 6.37. The summed E-state index contributed by atoms with van der Waals surface area (Å²) >= 11 is 0. The molecule has 1 aliphatic rings. The lowest BCUT2D eigenvalue weighted by Gasteiger charge is -2.37. The Morgan fingerprint density at radius 2 is 1.87 bits per heavy atom. The van der Waals surface area contributed by atoms with Gasteiger partial charge < -0.3 is 10.0 Å². The molecule has 0 aromatic carbocycles. The van der Waals surface area contributed by atoms with Crippen LogP contribution in [0.1, 0.15) is 47.0 Å². The van der Waals surface area contributed by atoms with Gasteiger partial charge in [0.05, 0.1) is 5.60 Å². The van der Waals surface area contributed by atoms with Gasteiger partial charge in [-0.25, -0.2) is 0 Å². The van der Waals surface area contributed by atoms with Crippen molar-refractivity contribution in [2.45, 2.75) is 52.6 Å². The summed E-state index contributed by atoms with van der Waals surface area (Å²) in [7, 11) is 0. The summed E-state index contributed by atoms with van der Waals surface area (Å²) < 4.78 is 0. The van der Waals surface area contributed by atoms with Crippen molar-refractivity contribution >= 4 is 0 Å². The maximum absolute atomic E-state index is 9.75. The largest absolute Gasteiger partial charge is 0.389 e. The standard InChI is InChI=1S/C13H27NO/c1-5-11(2)12-6-8-14(9-7-12)10-13(3,4)15/h11-12,15H,5-10H2,1-4H3. The number of hydrogen-bond donors (Lipinski definition) is 1. The molecule has 15 heavy (non-hydrogen) atoms. The van der Waals surface area contributed by atoms with Crippen LogP contribution in [0.3, 0.4) is 0 Å². The van der Waals surface area contributed by atoms with Gasteiger partial charge in [-0.3, -0.25) is 0 Å². The van der Waals surface area contributed by atoms with Gasteiger partial charge >= 0.3 is 0 Å². The van der Waals surface area contributed by atoms with Crippen molar-refractivity contribution in [3.63, 3.8) is 0 Å². The Morgan fingerprint density at radius 1 is 1.33 bits per heavy atom. The van der Waals surface area contributed by atoms with Gasteiger partial charge in [0.1, 0.15) is 0 Å². The molecule has 1 fully saturated rings. The van der Waals surface area contributed by atoms with Crippen LogP contribution in [-0.2, 0) is 0 Å². The van der Waals surface area contributed by atoms with Crippen molar-refractivity contribution in [3.8, 4) is 0 Å². The molecule has 1 saturated heterocycles. The number of piperidine rings is 1. The molecule has 0 radical (unpaired) electrons. The smallest absolute Gasteiger partial charge is 0.0718 e. The molecule has 0 aliphatic carbocycles. The predicted octanol–water partition coefficient (Wildman–Crippen LogP) is 2.52. The zero-order chi connectivity index (χ0) is 11.5. The van der Waals surface area contributed by atoms with Crippen molar-refractivity contribution < 1.29 is 5.11 Å². The molecule has 1 N–H and O–H groups in total. The highest BCUT2D eigenvalue weighted by molar-refractivity contribution is 4.79. The average Bonchev–Trinajstić information content (AvgIpc) is 2.15. The van der Waals surface area contributed by atoms with E-state index in [9.17, 15) is 5.11 Å². The summed E-state index contributed by atoms with van der Waals surface area (Å²) in [5, 5.41) is 9.75. The summed E-state index contributed by atoms with van der Waals surface area (Å²) in [4.78, 5) is 2.40. The van der Waals surface area contributed by atoms with Crippen LogP contribution < -0.4 is 0 Å². The molecule has 0 amide bonds. The van der Waals surface area contributed by atoms with Crippen LogP contribution >= 0.6 is 0 Å². The van der Waals surface area contributed by atoms with E-state index in [0.717, 1.165) is 18.4 Å². The molecule has 1 aliphatic heterocycles. The highest BCUT2D eigenvalue weighted by atomic mass is 16.3. The van der Waals surface area contributed by atoms with Crippen LogP contribution in [0.5, 0.6) is 0 Å². The second kappa shape index (κ2) is 5.31. The Bertz CT molecular complexity index is 177. The Kier molecular flexibility index (Phi) is 4.60. The second-order valence-electron chi connectivity index (χ2n) is 5.81. The Balaban J connectivity index is 2.30. The second-order valence-corrected chi connectivity index (χ2v) is 5.81. The minimum Gasteiger partial charge on any atom is -0.389 e. The molecule has 0 aromatic rings. The molecule has 1 heterocycles. The third-order valence-corrected chi connectivity index (χ3v) is 3.69. The van der Waals surface area contributed by atoms with Gasteiger partial charge in [0, 0.05) is 6.54 Å². The maximum Gasteiger partial charge on any atom is 0.0718 e. The van der Waals surface area contributed by atoms with E-state index in [2.05, 4.69) is 18.7 Å². The zero-order valence-corrected chi connectivity index (χ0v) is 10.8. The molecule has 90 valence electrons. The van der Waals surface area contributed by atoms with Crippen LogP contribution in [0, 0.1) is 11.8 Å². The van der Waals surface area contributed by atoms with Gasteiger partial charge in [-0.1, -0.05) is 20.3 Å². The van der Waals surface area contributed by atoms with Gasteiger partial charge in [0.15, 0.2) is 0 Å². The number of hydrogen-bond acceptors (Lipinski definition) is 2. The fraction of sp³-hybridized carbons (Fsp3) is 1.00. The lowest BCUT2D eigenvalue weighted by atomic mass is 9.84. The van der Waals surface area contributed by atoms with Gasteiger partial charge in [0.2, 0.25) is 0 Å². The molecule has 2 nitrogen and oxygen atoms in total. The zero-order valence-electron chi connectivity index (χ0n) is 10.8. The summed E-state index contributed by atoms with van der Waals surface area (Å²) in [6, 6.07) is 0. The number of β-amino-alcohol motifs (C(OH)–C–C–N with tert-alkyl or cyclic N) is 1. The van der Waals surface area contributed by atoms with Crippen LogP contribution in [0.2, 0.25) is 0 Å². The molecule has 0 bridgehead atoms. The van der Waals surface area contributed by atoms with Crippen molar-refractivity contribution in [1.82, 2.24) is 4.90 Å². The lowest BCUT2D eigenvalue weighted by molar-refractivity contribution is 0.0206. The van der Waals surface area contributed by atoms with E-state index in [1.807, 2.05) is 13.8 Å². The van der Waals surface area contributed by atoms with E-state index in [0.29, 0.717) is 0 Å². The van der Waals surface area contributed by atoms with E-state index >= 15 is 0 Å². The van der Waals surface area contributed by atoms with Crippen LogP contribution in [0.4, 0.5) is 0 Å². The first kappa shape index (κ1) is 13.0. The average molecular weight is 213 g/mol. The van der Waals surface area contributed by atoms with Crippen molar-refractivity contribution in [3.05, 3.63) is 0 Å². The first-order valence-corrected chi connectivity index (χ1v) is 6.37. The van der Waals surface area contributed by atoms with Crippen molar-refractivity contribution in [1.29, 1.82) is 0 Å². The summed E-state index contributed by atoms with van der Waals surface area (Å²) in [5.41, 5.74) is -0.538. The monoisotopic (exact) mass is 213 g/mol. The molecule has 0 spiro atoms. The van der Waals surface area contributed by atoms with E-state index in [1.165, 1.54) is 32.4 Å². The SMILES string of the molecule is CCC(C)C1CCN(CC(C)(C)O)CC1. The Hall–Kier alpha value is -0.0800. The molecule has 2 heteroatoms. The van der Waals surface area contributed by atoms with Crippen molar-refractivity contribution in [2.75, 3.05) is 19.6 Å². The van der Waals surface area contributed by atoms with Crippen LogP contribution in [0.15, 0.2) is 0 Å². The van der Waals surface area contributed by atoms with E-state index in [4.69, 9.17) is 0 Å². The quantitative estimate of drug-likeness (QED) is 0.775. The minimum absolute atomic E-state index is 0.538. The summed E-state index contributed by atoms with van der Waals surface area (Å²) in [6.45, 7) is 11.6. The van der Waals surface area contributed by atoms with Crippen LogP contribution in [0.25, 0.3) is 0 Å². The minimum atomic E-state index is -0.538. The van der Waals surface area contributed by atoms with Gasteiger partial charge in [-0.15, -0.1) is 0 Å². The molecular weight excluding hydrogens is 186 g/mol. The van der Waals surface area contributed by atoms with Crippen molar-refractivity contribution in [2.24, 2.45) is 11.8 Å². The van der Waals surface area contributed by atoms with E-state index in [1.54, 1.807) is 0 Å². The number of rotatable bonds is 4. The number of aliphatic hydroxyl groups is 1. The highest BCUT2D eigenvalue weighted by Gasteiger charge is 2.25. The van der Waals surface area contributed by atoms with E-state index < -0.39 is 5.60 Å². The molecule has 0 aromatic heterocycles. The van der Waals surface area contributed by atoms with Crippen LogP contribution in [-0.4, -0.2) is 35.2 Å². The molecule has 1 unspecified atom stereocenters. The van der Waals surface area contributed by atoms with Gasteiger partial charge in [-0.2, -0.15) is 0 Å². The normalized spacial score (nSPS) is 23.0. The first-order chi connectivity index (χ1) is 6.92. The Labute approximate surface area is 94.7 Å². The topological polar surface area (TPSA) is 23.5 Å². The summed E-state index contributed by atoms with van der Waals surface area (Å²) in [6.07, 6.45) is 3.92. The third-order valence-electron chi connectivity index (χ3n) is 3.69. The molecular formula is C13H27NO. The van der Waals surface area contributed by atoms with Gasteiger partial charge in [0.25, 0.3) is 0 Å². The molecule has 1 atom stereocenters. The third kappa shape index (κ3) is 4.52. The molecule has 0 saturated carbocycles. The fourth-order valence-corrected chi connectivity index (χ4v) is 2.56.